The van der Waals surface area contributed by atoms with Crippen LogP contribution in [0, 0.1) is 0 Å². The maximum absolute atomic E-state index is 12.6. The molecule has 0 N–H and O–H groups in total. The third kappa shape index (κ3) is 6.30. The summed E-state index contributed by atoms with van der Waals surface area (Å²) in [6, 6.07) is 6.86. The predicted octanol–water partition coefficient (Wildman–Crippen LogP) is 3.36. The molecule has 0 saturated heterocycles. The molecule has 3 rings (SSSR count). The van der Waals surface area contributed by atoms with Crippen LogP contribution in [-0.4, -0.2) is 51.9 Å². The van der Waals surface area contributed by atoms with E-state index in [9.17, 15) is 9.59 Å². The van der Waals surface area contributed by atoms with Gasteiger partial charge < -0.3 is 23.7 Å². The topological polar surface area (TPSA) is 80.3 Å². The Kier molecular flexibility index (Phi) is 8.23. The molecule has 1 aliphatic carbocycles. The fourth-order valence-corrected chi connectivity index (χ4v) is 3.00. The predicted molar refractivity (Wildman–Crippen MR) is 109 cm³/mol. The molecule has 0 aromatic heterocycles. The largest absolute Gasteiger partial charge is 0.486 e. The lowest BCUT2D eigenvalue weighted by Crippen LogP contribution is -2.12. The summed E-state index contributed by atoms with van der Waals surface area (Å²) in [5, 5.41) is 0. The van der Waals surface area contributed by atoms with Crippen molar-refractivity contribution in [2.45, 2.75) is 19.3 Å². The second-order valence-corrected chi connectivity index (χ2v) is 6.74. The molecule has 1 aromatic rings. The summed E-state index contributed by atoms with van der Waals surface area (Å²) in [6.45, 7) is 1.94. The first-order chi connectivity index (χ1) is 14.7. The van der Waals surface area contributed by atoms with Crippen molar-refractivity contribution in [1.82, 2.24) is 0 Å². The zero-order valence-corrected chi connectivity index (χ0v) is 17.1. The van der Waals surface area contributed by atoms with Crippen LogP contribution in [0.2, 0.25) is 0 Å². The molecule has 30 heavy (non-hydrogen) atoms. The minimum atomic E-state index is -0.115. The maximum Gasteiger partial charge on any atom is 0.189 e. The van der Waals surface area contributed by atoms with Gasteiger partial charge in [0.25, 0.3) is 0 Å². The van der Waals surface area contributed by atoms with E-state index in [0.717, 1.165) is 0 Å². The highest BCUT2D eigenvalue weighted by molar-refractivity contribution is 6.02. The monoisotopic (exact) mass is 414 g/mol. The molecular formula is C23H26O7. The molecule has 2 aliphatic rings. The van der Waals surface area contributed by atoms with Crippen molar-refractivity contribution in [3.63, 3.8) is 0 Å². The smallest absolute Gasteiger partial charge is 0.189 e. The Labute approximate surface area is 175 Å². The van der Waals surface area contributed by atoms with Crippen LogP contribution in [0.3, 0.4) is 0 Å². The highest BCUT2D eigenvalue weighted by atomic mass is 16.7. The summed E-state index contributed by atoms with van der Waals surface area (Å²) >= 11 is 0. The Morgan fingerprint density at radius 2 is 1.83 bits per heavy atom. The molecule has 1 aliphatic heterocycles. The van der Waals surface area contributed by atoms with Gasteiger partial charge >= 0.3 is 0 Å². The van der Waals surface area contributed by atoms with E-state index in [4.69, 9.17) is 23.7 Å². The van der Waals surface area contributed by atoms with Gasteiger partial charge in [0.05, 0.1) is 13.2 Å². The minimum Gasteiger partial charge on any atom is -0.486 e. The zero-order valence-electron chi connectivity index (χ0n) is 17.1. The average molecular weight is 414 g/mol. The van der Waals surface area contributed by atoms with Gasteiger partial charge in [-0.25, -0.2) is 0 Å². The van der Waals surface area contributed by atoms with Crippen molar-refractivity contribution in [1.29, 1.82) is 0 Å². The lowest BCUT2D eigenvalue weighted by molar-refractivity contribution is -0.115. The van der Waals surface area contributed by atoms with Crippen LogP contribution in [0.5, 0.6) is 5.75 Å². The van der Waals surface area contributed by atoms with Crippen molar-refractivity contribution >= 4 is 11.6 Å². The van der Waals surface area contributed by atoms with Crippen molar-refractivity contribution in [3.05, 3.63) is 65.1 Å². The zero-order chi connectivity index (χ0) is 21.2. The van der Waals surface area contributed by atoms with E-state index in [2.05, 4.69) is 0 Å². The molecule has 0 saturated carbocycles. The van der Waals surface area contributed by atoms with Crippen LogP contribution in [0.15, 0.2) is 59.6 Å². The van der Waals surface area contributed by atoms with E-state index in [1.165, 1.54) is 0 Å². The molecule has 7 nitrogen and oxygen atoms in total. The van der Waals surface area contributed by atoms with Crippen LogP contribution in [0.25, 0.3) is 0 Å². The number of ether oxygens (including phenoxy) is 5. The average Bonchev–Trinajstić information content (AvgIpc) is 3.00. The first kappa shape index (κ1) is 21.8. The first-order valence-electron chi connectivity index (χ1n) is 9.90. The number of allylic oxidation sites excluding steroid dienone is 4. The van der Waals surface area contributed by atoms with E-state index < -0.39 is 0 Å². The number of ketones is 2. The van der Waals surface area contributed by atoms with Crippen molar-refractivity contribution in [2.24, 2.45) is 0 Å². The highest BCUT2D eigenvalue weighted by Gasteiger charge is 2.19. The number of carbonyl (C=O) groups excluding carboxylic acids is 2. The van der Waals surface area contributed by atoms with Crippen LogP contribution < -0.4 is 4.74 Å². The Balaban J connectivity index is 1.52. The summed E-state index contributed by atoms with van der Waals surface area (Å²) in [4.78, 5) is 25.2. The summed E-state index contributed by atoms with van der Waals surface area (Å²) in [6.07, 6.45) is 6.15. The van der Waals surface area contributed by atoms with Crippen molar-refractivity contribution in [2.75, 3.05) is 40.3 Å². The van der Waals surface area contributed by atoms with Crippen LogP contribution in [0.1, 0.15) is 29.6 Å². The Morgan fingerprint density at radius 1 is 1.03 bits per heavy atom. The number of hydrogen-bond donors (Lipinski definition) is 0. The Bertz CT molecular complexity index is 851. The summed E-state index contributed by atoms with van der Waals surface area (Å²) in [5.41, 5.74) is 1.11. The second kappa shape index (κ2) is 11.3. The van der Waals surface area contributed by atoms with Crippen molar-refractivity contribution < 1.29 is 33.3 Å². The van der Waals surface area contributed by atoms with Crippen LogP contribution >= 0.6 is 0 Å². The van der Waals surface area contributed by atoms with Gasteiger partial charge in [-0.05, 0) is 30.7 Å². The lowest BCUT2D eigenvalue weighted by atomic mass is 9.99. The molecule has 0 atom stereocenters. The Morgan fingerprint density at radius 3 is 2.67 bits per heavy atom. The van der Waals surface area contributed by atoms with Crippen LogP contribution in [-0.2, 0) is 23.7 Å². The van der Waals surface area contributed by atoms with E-state index >= 15 is 0 Å². The molecule has 0 bridgehead atoms. The molecule has 0 amide bonds. The minimum absolute atomic E-state index is 0.0742. The van der Waals surface area contributed by atoms with Gasteiger partial charge in [0, 0.05) is 31.1 Å². The number of carbonyl (C=O) groups is 2. The van der Waals surface area contributed by atoms with E-state index in [0.29, 0.717) is 61.3 Å². The fourth-order valence-electron chi connectivity index (χ4n) is 3.00. The molecule has 0 radical (unpaired) electrons. The van der Waals surface area contributed by atoms with E-state index in [1.807, 2.05) is 12.2 Å². The molecule has 0 unspecified atom stereocenters. The molecular weight excluding hydrogens is 388 g/mol. The Hall–Kier alpha value is -2.90. The number of methoxy groups -OCH3 is 1. The third-order valence-electron chi connectivity index (χ3n) is 4.59. The molecule has 0 spiro atoms. The first-order valence-corrected chi connectivity index (χ1v) is 9.90. The fraction of sp³-hybridized carbons (Fsp3) is 0.391. The van der Waals surface area contributed by atoms with Gasteiger partial charge in [-0.15, -0.1) is 0 Å². The normalized spacial score (nSPS) is 15.4. The standard InChI is InChI=1S/C23H26O7/c1-26-10-11-27-16-30-19-6-2-4-17(14-19)20(24)8-9-21(25)18-5-3-7-22-23(15-18)29-13-12-28-22/h2-4,6-7,14-15H,5,8-13,16H2,1H3. The third-order valence-corrected chi connectivity index (χ3v) is 4.59. The van der Waals surface area contributed by atoms with Crippen molar-refractivity contribution in [3.8, 4) is 5.75 Å². The summed E-state index contributed by atoms with van der Waals surface area (Å²) in [5.74, 6) is 1.56. The number of rotatable bonds is 11. The SMILES string of the molecule is COCCOCOc1cccc(C(=O)CCC(=O)C2=CC3=C(C=CC2)OCCO3)c1. The number of benzene rings is 1. The number of hydrogen-bond acceptors (Lipinski definition) is 7. The van der Waals surface area contributed by atoms with Gasteiger partial charge in [0.15, 0.2) is 29.9 Å². The van der Waals surface area contributed by atoms with Gasteiger partial charge in [-0.3, -0.25) is 9.59 Å². The molecule has 160 valence electrons. The van der Waals surface area contributed by atoms with E-state index in [-0.39, 0.29) is 31.2 Å². The van der Waals surface area contributed by atoms with E-state index in [1.54, 1.807) is 37.5 Å². The molecule has 1 aromatic carbocycles. The van der Waals surface area contributed by atoms with Gasteiger partial charge in [-0.1, -0.05) is 18.2 Å². The molecule has 0 fully saturated rings. The lowest BCUT2D eigenvalue weighted by Gasteiger charge is -2.17. The molecule has 1 heterocycles. The van der Waals surface area contributed by atoms with Gasteiger partial charge in [0.2, 0.25) is 0 Å². The maximum atomic E-state index is 12.6. The summed E-state index contributed by atoms with van der Waals surface area (Å²) < 4.78 is 26.8. The number of Topliss-reactive ketones (excluding diaryl/α,β-unsaturated/α-hetero) is 2. The molecule has 7 heteroatoms. The van der Waals surface area contributed by atoms with Crippen LogP contribution in [0.4, 0.5) is 0 Å². The highest BCUT2D eigenvalue weighted by Crippen LogP contribution is 2.24. The van der Waals surface area contributed by atoms with Gasteiger partial charge in [0.1, 0.15) is 19.0 Å². The summed E-state index contributed by atoms with van der Waals surface area (Å²) in [7, 11) is 1.60. The second-order valence-electron chi connectivity index (χ2n) is 6.74. The quantitative estimate of drug-likeness (QED) is 0.312. The van der Waals surface area contributed by atoms with Gasteiger partial charge in [-0.2, -0.15) is 0 Å².